The van der Waals surface area contributed by atoms with Crippen LogP contribution >= 0.6 is 0 Å². The minimum Gasteiger partial charge on any atom is -0.466 e. The monoisotopic (exact) mass is 381 g/mol. The second-order valence-electron chi connectivity index (χ2n) is 6.68. The Hall–Kier alpha value is -3.02. The van der Waals surface area contributed by atoms with Crippen molar-refractivity contribution in [3.8, 4) is 0 Å². The van der Waals surface area contributed by atoms with Crippen molar-refractivity contribution in [2.75, 3.05) is 47.9 Å². The van der Waals surface area contributed by atoms with Crippen LogP contribution in [0.5, 0.6) is 0 Å². The maximum absolute atomic E-state index is 12.2. The maximum atomic E-state index is 12.2. The SMILES string of the molecule is CCOC(=O)CCC(=O)Nc1ccccc1N1CCN(c2ccccc2)CC1. The minimum absolute atomic E-state index is 0.0948. The van der Waals surface area contributed by atoms with Crippen LogP contribution in [0.1, 0.15) is 19.8 Å². The number of hydrogen-bond acceptors (Lipinski definition) is 5. The number of piperazine rings is 1. The summed E-state index contributed by atoms with van der Waals surface area (Å²) in [4.78, 5) is 28.4. The molecule has 1 aliphatic heterocycles. The molecular weight excluding hydrogens is 354 g/mol. The van der Waals surface area contributed by atoms with E-state index in [1.165, 1.54) is 5.69 Å². The van der Waals surface area contributed by atoms with Gasteiger partial charge in [0.2, 0.25) is 5.91 Å². The molecule has 28 heavy (non-hydrogen) atoms. The predicted octanol–water partition coefficient (Wildman–Crippen LogP) is 3.30. The van der Waals surface area contributed by atoms with E-state index < -0.39 is 0 Å². The lowest BCUT2D eigenvalue weighted by atomic mass is 10.2. The van der Waals surface area contributed by atoms with E-state index in [0.717, 1.165) is 37.6 Å². The molecule has 2 aromatic rings. The lowest BCUT2D eigenvalue weighted by Gasteiger charge is -2.38. The molecule has 1 fully saturated rings. The second-order valence-corrected chi connectivity index (χ2v) is 6.68. The van der Waals surface area contributed by atoms with Crippen LogP contribution in [-0.2, 0) is 14.3 Å². The van der Waals surface area contributed by atoms with Gasteiger partial charge in [-0.2, -0.15) is 0 Å². The van der Waals surface area contributed by atoms with E-state index in [0.29, 0.717) is 6.61 Å². The molecule has 3 rings (SSSR count). The molecule has 2 aromatic carbocycles. The third-order valence-electron chi connectivity index (χ3n) is 4.78. The number of carbonyl (C=O) groups is 2. The van der Waals surface area contributed by atoms with Gasteiger partial charge in [0.25, 0.3) is 0 Å². The number of rotatable bonds is 7. The number of para-hydroxylation sites is 3. The Morgan fingerprint density at radius 2 is 1.54 bits per heavy atom. The van der Waals surface area contributed by atoms with Crippen molar-refractivity contribution in [1.29, 1.82) is 0 Å². The minimum atomic E-state index is -0.344. The number of ether oxygens (including phenoxy) is 1. The number of benzene rings is 2. The van der Waals surface area contributed by atoms with E-state index in [9.17, 15) is 9.59 Å². The quantitative estimate of drug-likeness (QED) is 0.746. The molecule has 0 spiro atoms. The van der Waals surface area contributed by atoms with Crippen molar-refractivity contribution in [3.63, 3.8) is 0 Å². The maximum Gasteiger partial charge on any atom is 0.306 e. The average molecular weight is 381 g/mol. The molecule has 0 aliphatic carbocycles. The van der Waals surface area contributed by atoms with Crippen LogP contribution in [0.25, 0.3) is 0 Å². The van der Waals surface area contributed by atoms with Gasteiger partial charge in [0, 0.05) is 38.3 Å². The van der Waals surface area contributed by atoms with Crippen molar-refractivity contribution in [2.45, 2.75) is 19.8 Å². The van der Waals surface area contributed by atoms with E-state index in [-0.39, 0.29) is 24.7 Å². The molecule has 0 unspecified atom stereocenters. The van der Waals surface area contributed by atoms with Gasteiger partial charge in [0.15, 0.2) is 0 Å². The highest BCUT2D eigenvalue weighted by Gasteiger charge is 2.20. The van der Waals surface area contributed by atoms with Crippen LogP contribution in [0, 0.1) is 0 Å². The topological polar surface area (TPSA) is 61.9 Å². The average Bonchev–Trinajstić information content (AvgIpc) is 2.74. The Labute approximate surface area is 166 Å². The fourth-order valence-electron chi connectivity index (χ4n) is 3.36. The van der Waals surface area contributed by atoms with E-state index in [1.54, 1.807) is 6.92 Å². The van der Waals surface area contributed by atoms with Crippen LogP contribution in [-0.4, -0.2) is 44.7 Å². The molecule has 0 aromatic heterocycles. The number of anilines is 3. The summed E-state index contributed by atoms with van der Waals surface area (Å²) in [5.74, 6) is -0.522. The Bertz CT molecular complexity index is 787. The molecule has 1 N–H and O–H groups in total. The molecule has 1 saturated heterocycles. The van der Waals surface area contributed by atoms with Crippen LogP contribution < -0.4 is 15.1 Å². The smallest absolute Gasteiger partial charge is 0.306 e. The first-order valence-electron chi connectivity index (χ1n) is 9.77. The standard InChI is InChI=1S/C22H27N3O3/c1-2-28-22(27)13-12-21(26)23-19-10-6-7-11-20(19)25-16-14-24(15-17-25)18-8-4-3-5-9-18/h3-11H,2,12-17H2,1H3,(H,23,26). The first-order chi connectivity index (χ1) is 13.7. The summed E-state index contributed by atoms with van der Waals surface area (Å²) in [5.41, 5.74) is 3.03. The summed E-state index contributed by atoms with van der Waals surface area (Å²) < 4.78 is 4.88. The molecule has 0 saturated carbocycles. The summed E-state index contributed by atoms with van der Waals surface area (Å²) in [7, 11) is 0. The van der Waals surface area contributed by atoms with Crippen molar-refractivity contribution in [3.05, 3.63) is 54.6 Å². The predicted molar refractivity (Wildman–Crippen MR) is 112 cm³/mol. The van der Waals surface area contributed by atoms with Gasteiger partial charge < -0.3 is 19.9 Å². The molecule has 0 bridgehead atoms. The normalized spacial score (nSPS) is 13.9. The second kappa shape index (κ2) is 9.78. The first kappa shape index (κ1) is 19.7. The zero-order chi connectivity index (χ0) is 19.8. The molecule has 1 aliphatic rings. The van der Waals surface area contributed by atoms with Gasteiger partial charge in [-0.3, -0.25) is 9.59 Å². The highest BCUT2D eigenvalue weighted by Crippen LogP contribution is 2.28. The van der Waals surface area contributed by atoms with E-state index in [4.69, 9.17) is 4.74 Å². The molecule has 148 valence electrons. The van der Waals surface area contributed by atoms with Crippen molar-refractivity contribution >= 4 is 28.9 Å². The largest absolute Gasteiger partial charge is 0.466 e. The Morgan fingerprint density at radius 1 is 0.893 bits per heavy atom. The van der Waals surface area contributed by atoms with Crippen LogP contribution in [0.3, 0.4) is 0 Å². The van der Waals surface area contributed by atoms with E-state index >= 15 is 0 Å². The Balaban J connectivity index is 1.58. The molecule has 6 nitrogen and oxygen atoms in total. The van der Waals surface area contributed by atoms with E-state index in [1.807, 2.05) is 30.3 Å². The molecule has 6 heteroatoms. The van der Waals surface area contributed by atoms with Gasteiger partial charge in [-0.1, -0.05) is 30.3 Å². The van der Waals surface area contributed by atoms with Gasteiger partial charge in [-0.05, 0) is 31.2 Å². The third-order valence-corrected chi connectivity index (χ3v) is 4.78. The lowest BCUT2D eigenvalue weighted by Crippen LogP contribution is -2.46. The first-order valence-corrected chi connectivity index (χ1v) is 9.77. The summed E-state index contributed by atoms with van der Waals surface area (Å²) in [6.07, 6.45) is 0.215. The van der Waals surface area contributed by atoms with Gasteiger partial charge in [0.05, 0.1) is 24.4 Å². The van der Waals surface area contributed by atoms with Gasteiger partial charge >= 0.3 is 5.97 Å². The number of esters is 1. The zero-order valence-corrected chi connectivity index (χ0v) is 16.3. The van der Waals surface area contributed by atoms with Gasteiger partial charge in [-0.15, -0.1) is 0 Å². The highest BCUT2D eigenvalue weighted by atomic mass is 16.5. The summed E-state index contributed by atoms with van der Waals surface area (Å²) in [5, 5.41) is 2.95. The number of nitrogens with one attached hydrogen (secondary N) is 1. The molecule has 0 radical (unpaired) electrons. The van der Waals surface area contributed by atoms with E-state index in [2.05, 4.69) is 39.4 Å². The fraction of sp³-hybridized carbons (Fsp3) is 0.364. The van der Waals surface area contributed by atoms with Gasteiger partial charge in [-0.25, -0.2) is 0 Å². The molecule has 0 atom stereocenters. The summed E-state index contributed by atoms with van der Waals surface area (Å²) in [6.45, 7) is 5.70. The Morgan fingerprint density at radius 3 is 2.25 bits per heavy atom. The Kier molecular flexibility index (Phi) is 6.89. The summed E-state index contributed by atoms with van der Waals surface area (Å²) >= 11 is 0. The van der Waals surface area contributed by atoms with Crippen molar-refractivity contribution < 1.29 is 14.3 Å². The highest BCUT2D eigenvalue weighted by molar-refractivity contribution is 5.95. The van der Waals surface area contributed by atoms with Crippen molar-refractivity contribution in [1.82, 2.24) is 0 Å². The fourth-order valence-corrected chi connectivity index (χ4v) is 3.36. The molecular formula is C22H27N3O3. The van der Waals surface area contributed by atoms with Gasteiger partial charge in [0.1, 0.15) is 0 Å². The van der Waals surface area contributed by atoms with Crippen LogP contribution in [0.2, 0.25) is 0 Å². The molecule has 1 amide bonds. The van der Waals surface area contributed by atoms with Crippen LogP contribution in [0.4, 0.5) is 17.1 Å². The van der Waals surface area contributed by atoms with Crippen LogP contribution in [0.15, 0.2) is 54.6 Å². The number of hydrogen-bond donors (Lipinski definition) is 1. The number of amides is 1. The molecule has 1 heterocycles. The lowest BCUT2D eigenvalue weighted by molar-refractivity contribution is -0.144. The van der Waals surface area contributed by atoms with Crippen molar-refractivity contribution in [2.24, 2.45) is 0 Å². The zero-order valence-electron chi connectivity index (χ0n) is 16.3. The third kappa shape index (κ3) is 5.25. The summed E-state index contributed by atoms with van der Waals surface area (Å²) in [6, 6.07) is 18.2. The number of nitrogens with zero attached hydrogens (tertiary/aromatic N) is 2. The number of carbonyl (C=O) groups excluding carboxylic acids is 2.